The molecule has 0 saturated carbocycles. The number of hydrogen-bond donors (Lipinski definition) is 2. The first-order valence-electron chi connectivity index (χ1n) is 4.71. The fourth-order valence-electron chi connectivity index (χ4n) is 1.10. The molecule has 0 aliphatic carbocycles. The molecular formula is C9H13N3O3S. The second-order valence-corrected chi connectivity index (χ2v) is 3.79. The van der Waals surface area contributed by atoms with E-state index < -0.39 is 11.9 Å². The van der Waals surface area contributed by atoms with Crippen LogP contribution < -0.4 is 11.1 Å². The van der Waals surface area contributed by atoms with E-state index >= 15 is 0 Å². The van der Waals surface area contributed by atoms with Crippen molar-refractivity contribution in [2.24, 2.45) is 5.73 Å². The molecule has 1 rings (SSSR count). The van der Waals surface area contributed by atoms with Crippen LogP contribution in [-0.4, -0.2) is 29.4 Å². The van der Waals surface area contributed by atoms with Crippen LogP contribution in [0, 0.1) is 6.92 Å². The lowest BCUT2D eigenvalue weighted by Gasteiger charge is -2.04. The molecule has 6 nitrogen and oxygen atoms in total. The third kappa shape index (κ3) is 2.93. The molecule has 0 fully saturated rings. The fourth-order valence-corrected chi connectivity index (χ4v) is 1.88. The Hall–Kier alpha value is -1.63. The van der Waals surface area contributed by atoms with Gasteiger partial charge in [-0.15, -0.1) is 0 Å². The molecule has 88 valence electrons. The molecule has 3 N–H and O–H groups in total. The summed E-state index contributed by atoms with van der Waals surface area (Å²) in [5, 5.41) is 3.26. The highest BCUT2D eigenvalue weighted by Gasteiger charge is 2.19. The van der Waals surface area contributed by atoms with E-state index in [1.165, 1.54) is 0 Å². The van der Waals surface area contributed by atoms with Gasteiger partial charge in [-0.25, -0.2) is 4.79 Å². The SMILES string of the molecule is CCOC(=O)c1c(C)nsc1NCC(N)=O. The van der Waals surface area contributed by atoms with E-state index in [1.807, 2.05) is 0 Å². The first kappa shape index (κ1) is 12.4. The lowest BCUT2D eigenvalue weighted by molar-refractivity contribution is -0.116. The number of aromatic nitrogens is 1. The third-order valence-electron chi connectivity index (χ3n) is 1.77. The molecule has 0 aromatic carbocycles. The number of aryl methyl sites for hydroxylation is 1. The summed E-state index contributed by atoms with van der Waals surface area (Å²) in [5.74, 6) is -0.943. The van der Waals surface area contributed by atoms with Gasteiger partial charge in [-0.3, -0.25) is 4.79 Å². The van der Waals surface area contributed by atoms with Crippen LogP contribution in [0.1, 0.15) is 23.0 Å². The Balaban J connectivity index is 2.85. The zero-order valence-electron chi connectivity index (χ0n) is 9.07. The fraction of sp³-hybridized carbons (Fsp3) is 0.444. The molecule has 0 spiro atoms. The molecule has 7 heteroatoms. The van der Waals surface area contributed by atoms with Gasteiger partial charge in [0, 0.05) is 0 Å². The second kappa shape index (κ2) is 5.45. The van der Waals surface area contributed by atoms with Crippen LogP contribution in [-0.2, 0) is 9.53 Å². The van der Waals surface area contributed by atoms with E-state index in [0.29, 0.717) is 22.9 Å². The van der Waals surface area contributed by atoms with Crippen LogP contribution in [0.25, 0.3) is 0 Å². The molecule has 0 bridgehead atoms. The average Bonchev–Trinajstić information content (AvgIpc) is 2.57. The summed E-state index contributed by atoms with van der Waals surface area (Å²) in [6, 6.07) is 0. The maximum Gasteiger partial charge on any atom is 0.343 e. The monoisotopic (exact) mass is 243 g/mol. The van der Waals surface area contributed by atoms with Gasteiger partial charge in [-0.05, 0) is 25.4 Å². The lowest BCUT2D eigenvalue weighted by Crippen LogP contribution is -2.22. The number of esters is 1. The Morgan fingerprint density at radius 2 is 2.25 bits per heavy atom. The minimum atomic E-state index is -0.499. The van der Waals surface area contributed by atoms with E-state index in [0.717, 1.165) is 11.5 Å². The van der Waals surface area contributed by atoms with Gasteiger partial charge in [0.15, 0.2) is 0 Å². The maximum atomic E-state index is 11.6. The third-order valence-corrected chi connectivity index (χ3v) is 2.66. The van der Waals surface area contributed by atoms with Crippen LogP contribution in [0.3, 0.4) is 0 Å². The Bertz CT molecular complexity index is 403. The summed E-state index contributed by atoms with van der Waals surface area (Å²) in [6.45, 7) is 3.69. The van der Waals surface area contributed by atoms with Gasteiger partial charge in [0.2, 0.25) is 5.91 Å². The highest BCUT2D eigenvalue weighted by atomic mass is 32.1. The smallest absolute Gasteiger partial charge is 0.343 e. The first-order chi connectivity index (χ1) is 7.56. The van der Waals surface area contributed by atoms with Crippen molar-refractivity contribution in [2.45, 2.75) is 13.8 Å². The van der Waals surface area contributed by atoms with Crippen molar-refractivity contribution in [1.82, 2.24) is 4.37 Å². The van der Waals surface area contributed by atoms with Gasteiger partial charge >= 0.3 is 5.97 Å². The second-order valence-electron chi connectivity index (χ2n) is 3.01. The van der Waals surface area contributed by atoms with Crippen LogP contribution in [0.4, 0.5) is 5.00 Å². The molecule has 1 aromatic heterocycles. The Morgan fingerprint density at radius 3 is 2.81 bits per heavy atom. The normalized spacial score (nSPS) is 9.88. The standard InChI is InChI=1S/C9H13N3O3S/c1-3-15-9(14)7-5(2)12-16-8(7)11-4-6(10)13/h11H,3-4H2,1-2H3,(H2,10,13). The number of nitrogens with two attached hydrogens (primary N) is 1. The highest BCUT2D eigenvalue weighted by molar-refractivity contribution is 7.10. The lowest BCUT2D eigenvalue weighted by atomic mass is 10.2. The molecule has 1 amide bonds. The Labute approximate surface area is 96.9 Å². The number of nitrogens with one attached hydrogen (secondary N) is 1. The Kier molecular flexibility index (Phi) is 4.24. The molecule has 16 heavy (non-hydrogen) atoms. The molecule has 0 unspecified atom stereocenters. The van der Waals surface area contributed by atoms with E-state index in [2.05, 4.69) is 9.69 Å². The van der Waals surface area contributed by atoms with Crippen LogP contribution in [0.15, 0.2) is 0 Å². The number of rotatable bonds is 5. The first-order valence-corrected chi connectivity index (χ1v) is 5.49. The van der Waals surface area contributed by atoms with Crippen molar-refractivity contribution < 1.29 is 14.3 Å². The minimum Gasteiger partial charge on any atom is -0.462 e. The number of primary amides is 1. The summed E-state index contributed by atoms with van der Waals surface area (Å²) in [4.78, 5) is 22.2. The quantitative estimate of drug-likeness (QED) is 0.735. The predicted molar refractivity (Wildman–Crippen MR) is 60.5 cm³/mol. The van der Waals surface area contributed by atoms with E-state index in [-0.39, 0.29) is 6.54 Å². The van der Waals surface area contributed by atoms with Gasteiger partial charge in [0.25, 0.3) is 0 Å². The van der Waals surface area contributed by atoms with Crippen molar-refractivity contribution in [3.8, 4) is 0 Å². The number of anilines is 1. The van der Waals surface area contributed by atoms with Crippen molar-refractivity contribution in [3.05, 3.63) is 11.3 Å². The minimum absolute atomic E-state index is 0.0337. The zero-order chi connectivity index (χ0) is 12.1. The summed E-state index contributed by atoms with van der Waals surface area (Å²) in [6.07, 6.45) is 0. The molecule has 1 aromatic rings. The Morgan fingerprint density at radius 1 is 1.56 bits per heavy atom. The number of carbonyl (C=O) groups excluding carboxylic acids is 2. The van der Waals surface area contributed by atoms with Crippen LogP contribution in [0.2, 0.25) is 0 Å². The van der Waals surface area contributed by atoms with Crippen LogP contribution in [0.5, 0.6) is 0 Å². The zero-order valence-corrected chi connectivity index (χ0v) is 9.89. The van der Waals surface area contributed by atoms with Gasteiger partial charge < -0.3 is 15.8 Å². The van der Waals surface area contributed by atoms with Crippen molar-refractivity contribution >= 4 is 28.4 Å². The van der Waals surface area contributed by atoms with E-state index in [1.54, 1.807) is 13.8 Å². The molecule has 0 atom stereocenters. The van der Waals surface area contributed by atoms with Gasteiger partial charge in [-0.1, -0.05) is 0 Å². The van der Waals surface area contributed by atoms with Crippen molar-refractivity contribution in [3.63, 3.8) is 0 Å². The van der Waals surface area contributed by atoms with Gasteiger partial charge in [0.05, 0.1) is 18.8 Å². The van der Waals surface area contributed by atoms with Crippen molar-refractivity contribution in [2.75, 3.05) is 18.5 Å². The molecule has 0 saturated heterocycles. The largest absolute Gasteiger partial charge is 0.462 e. The molecule has 0 aliphatic heterocycles. The number of nitrogens with zero attached hydrogens (tertiary/aromatic N) is 1. The summed E-state index contributed by atoms with van der Waals surface area (Å²) in [5.41, 5.74) is 5.95. The summed E-state index contributed by atoms with van der Waals surface area (Å²) in [7, 11) is 0. The molecule has 1 heterocycles. The summed E-state index contributed by atoms with van der Waals surface area (Å²) < 4.78 is 8.91. The van der Waals surface area contributed by atoms with Gasteiger partial charge in [-0.2, -0.15) is 4.37 Å². The number of ether oxygens (including phenoxy) is 1. The van der Waals surface area contributed by atoms with Crippen molar-refractivity contribution in [1.29, 1.82) is 0 Å². The van der Waals surface area contributed by atoms with Crippen LogP contribution >= 0.6 is 11.5 Å². The van der Waals surface area contributed by atoms with Gasteiger partial charge in [0.1, 0.15) is 10.6 Å². The summed E-state index contributed by atoms with van der Waals surface area (Å²) >= 11 is 1.10. The van der Waals surface area contributed by atoms with E-state index in [4.69, 9.17) is 10.5 Å². The average molecular weight is 243 g/mol. The van der Waals surface area contributed by atoms with E-state index in [9.17, 15) is 9.59 Å². The number of hydrogen-bond acceptors (Lipinski definition) is 6. The highest BCUT2D eigenvalue weighted by Crippen LogP contribution is 2.24. The number of amides is 1. The maximum absolute atomic E-state index is 11.6. The predicted octanol–water partition coefficient (Wildman–Crippen LogP) is 0.525. The molecular weight excluding hydrogens is 230 g/mol. The molecule has 0 radical (unpaired) electrons. The topological polar surface area (TPSA) is 94.3 Å². The molecule has 0 aliphatic rings. The number of carbonyl (C=O) groups is 2.